The zero-order valence-corrected chi connectivity index (χ0v) is 9.26. The van der Waals surface area contributed by atoms with Crippen molar-refractivity contribution in [3.8, 4) is 0 Å². The van der Waals surface area contributed by atoms with Crippen molar-refractivity contribution >= 4 is 11.6 Å². The molecule has 88 valence electrons. The maximum Gasteiger partial charge on any atom is 0.240 e. The maximum absolute atomic E-state index is 12.3. The Morgan fingerprint density at radius 3 is 3.12 bits per heavy atom. The third-order valence-corrected chi connectivity index (χ3v) is 3.38. The first-order valence-corrected chi connectivity index (χ1v) is 5.68. The van der Waals surface area contributed by atoms with Gasteiger partial charge in [-0.05, 0) is 25.3 Å². The number of fused-ring (bicyclic) bond motifs is 2. The van der Waals surface area contributed by atoms with E-state index in [1.54, 1.807) is 12.3 Å². The normalized spacial score (nSPS) is 27.5. The van der Waals surface area contributed by atoms with Crippen LogP contribution in [-0.2, 0) is 4.79 Å². The van der Waals surface area contributed by atoms with Gasteiger partial charge in [-0.1, -0.05) is 6.08 Å². The lowest BCUT2D eigenvalue weighted by molar-refractivity contribution is -0.131. The van der Waals surface area contributed by atoms with Crippen molar-refractivity contribution in [3.05, 3.63) is 35.9 Å². The molecule has 1 unspecified atom stereocenters. The van der Waals surface area contributed by atoms with E-state index in [9.17, 15) is 10.0 Å². The molecular weight excluding hydrogens is 218 g/mol. The summed E-state index contributed by atoms with van der Waals surface area (Å²) < 4.78 is 0. The Balaban J connectivity index is 2.08. The average Bonchev–Trinajstić information content (AvgIpc) is 2.65. The highest BCUT2D eigenvalue weighted by atomic mass is 16.5. The number of nitrogens with one attached hydrogen (secondary N) is 1. The van der Waals surface area contributed by atoms with Crippen molar-refractivity contribution in [3.63, 3.8) is 0 Å². The fraction of sp³-hybridized carbons (Fsp3) is 0.333. The summed E-state index contributed by atoms with van der Waals surface area (Å²) in [6.45, 7) is 0. The highest BCUT2D eigenvalue weighted by molar-refractivity contribution is 6.11. The molecule has 2 aliphatic heterocycles. The van der Waals surface area contributed by atoms with E-state index in [0.717, 1.165) is 24.3 Å². The summed E-state index contributed by atoms with van der Waals surface area (Å²) >= 11 is 0. The van der Waals surface area contributed by atoms with Crippen LogP contribution in [0.25, 0.3) is 0 Å². The Hall–Kier alpha value is -1.88. The molecule has 3 aliphatic rings. The van der Waals surface area contributed by atoms with Crippen LogP contribution < -0.4 is 0 Å². The highest BCUT2D eigenvalue weighted by Gasteiger charge is 2.37. The van der Waals surface area contributed by atoms with Gasteiger partial charge in [-0.3, -0.25) is 20.3 Å². The molecule has 0 saturated carbocycles. The molecule has 3 rings (SSSR count). The standard InChI is InChI=1S/C12H13N3O2/c13-9-5-6-14-11(9)7-15(17)10-4-2-1-3-8(10)12(14)16/h4-8,13,17H,1-3H2. The van der Waals surface area contributed by atoms with Gasteiger partial charge in [0.2, 0.25) is 5.91 Å². The van der Waals surface area contributed by atoms with Gasteiger partial charge >= 0.3 is 0 Å². The number of nitrogens with zero attached hydrogens (tertiary/aromatic N) is 2. The molecule has 0 bridgehead atoms. The fourth-order valence-electron chi connectivity index (χ4n) is 2.49. The second-order valence-electron chi connectivity index (χ2n) is 4.41. The van der Waals surface area contributed by atoms with E-state index in [1.807, 2.05) is 6.08 Å². The molecule has 0 aromatic carbocycles. The Morgan fingerprint density at radius 2 is 2.29 bits per heavy atom. The van der Waals surface area contributed by atoms with Crippen molar-refractivity contribution < 1.29 is 10.0 Å². The predicted octanol–water partition coefficient (Wildman–Crippen LogP) is 1.59. The predicted molar refractivity (Wildman–Crippen MR) is 60.8 cm³/mol. The molecule has 0 spiro atoms. The Bertz CT molecular complexity index is 490. The van der Waals surface area contributed by atoms with Gasteiger partial charge in [0, 0.05) is 6.20 Å². The van der Waals surface area contributed by atoms with Crippen LogP contribution in [0.15, 0.2) is 35.9 Å². The Morgan fingerprint density at radius 1 is 1.47 bits per heavy atom. The molecule has 0 saturated heterocycles. The van der Waals surface area contributed by atoms with Crippen molar-refractivity contribution in [2.75, 3.05) is 0 Å². The summed E-state index contributed by atoms with van der Waals surface area (Å²) in [6, 6.07) is 0. The van der Waals surface area contributed by atoms with E-state index in [-0.39, 0.29) is 17.5 Å². The molecule has 1 amide bonds. The SMILES string of the molecule is N=C1C=CN2C(=O)C3CCCC=C3N(O)C=C12. The molecule has 2 N–H and O–H groups in total. The summed E-state index contributed by atoms with van der Waals surface area (Å²) in [5.74, 6) is -0.352. The van der Waals surface area contributed by atoms with Crippen LogP contribution in [0.5, 0.6) is 0 Å². The van der Waals surface area contributed by atoms with E-state index in [4.69, 9.17) is 5.41 Å². The Labute approximate surface area is 98.8 Å². The molecule has 0 aromatic heterocycles. The third kappa shape index (κ3) is 1.43. The summed E-state index contributed by atoms with van der Waals surface area (Å²) in [5.41, 5.74) is 1.33. The number of carbonyl (C=O) groups is 1. The topological polar surface area (TPSA) is 67.6 Å². The first kappa shape index (κ1) is 10.3. The minimum absolute atomic E-state index is 0.0581. The zero-order chi connectivity index (χ0) is 12.0. The van der Waals surface area contributed by atoms with E-state index < -0.39 is 0 Å². The van der Waals surface area contributed by atoms with Gasteiger partial charge < -0.3 is 0 Å². The highest BCUT2D eigenvalue weighted by Crippen LogP contribution is 2.34. The van der Waals surface area contributed by atoms with Crippen molar-refractivity contribution in [2.24, 2.45) is 5.92 Å². The van der Waals surface area contributed by atoms with E-state index in [1.165, 1.54) is 11.1 Å². The van der Waals surface area contributed by atoms with Crippen molar-refractivity contribution in [1.82, 2.24) is 9.96 Å². The van der Waals surface area contributed by atoms with Gasteiger partial charge in [0.15, 0.2) is 0 Å². The molecular formula is C12H13N3O2. The van der Waals surface area contributed by atoms with Crippen LogP contribution in [0.4, 0.5) is 0 Å². The molecule has 0 fully saturated rings. The van der Waals surface area contributed by atoms with E-state index in [2.05, 4.69) is 0 Å². The largest absolute Gasteiger partial charge is 0.299 e. The van der Waals surface area contributed by atoms with Crippen LogP contribution in [-0.4, -0.2) is 26.8 Å². The molecule has 0 radical (unpaired) electrons. The summed E-state index contributed by atoms with van der Waals surface area (Å²) in [5, 5.41) is 18.7. The summed E-state index contributed by atoms with van der Waals surface area (Å²) in [6.07, 6.45) is 9.10. The molecule has 0 aromatic rings. The van der Waals surface area contributed by atoms with Gasteiger partial charge in [0.05, 0.1) is 29.2 Å². The van der Waals surface area contributed by atoms with E-state index in [0.29, 0.717) is 11.4 Å². The number of allylic oxidation sites excluding steroid dienone is 2. The second kappa shape index (κ2) is 3.56. The lowest BCUT2D eigenvalue weighted by Crippen LogP contribution is -2.32. The Kier molecular flexibility index (Phi) is 2.16. The third-order valence-electron chi connectivity index (χ3n) is 3.38. The zero-order valence-electron chi connectivity index (χ0n) is 9.26. The molecule has 5 nitrogen and oxygen atoms in total. The van der Waals surface area contributed by atoms with Crippen molar-refractivity contribution in [1.29, 1.82) is 5.41 Å². The minimum Gasteiger partial charge on any atom is -0.299 e. The average molecular weight is 231 g/mol. The van der Waals surface area contributed by atoms with E-state index >= 15 is 0 Å². The summed E-state index contributed by atoms with van der Waals surface area (Å²) in [4.78, 5) is 13.8. The van der Waals surface area contributed by atoms with Crippen LogP contribution in [0, 0.1) is 11.3 Å². The lowest BCUT2D eigenvalue weighted by atomic mass is 9.91. The molecule has 17 heavy (non-hydrogen) atoms. The second-order valence-corrected chi connectivity index (χ2v) is 4.41. The van der Waals surface area contributed by atoms with Crippen LogP contribution in [0.3, 0.4) is 0 Å². The van der Waals surface area contributed by atoms with Crippen LogP contribution in [0.1, 0.15) is 19.3 Å². The fourth-order valence-corrected chi connectivity index (χ4v) is 2.49. The molecule has 1 aliphatic carbocycles. The van der Waals surface area contributed by atoms with Gasteiger partial charge in [-0.15, -0.1) is 0 Å². The van der Waals surface area contributed by atoms with Gasteiger partial charge in [-0.2, -0.15) is 0 Å². The number of hydrogen-bond donors (Lipinski definition) is 2. The number of amides is 1. The number of hydroxylamine groups is 2. The monoisotopic (exact) mass is 231 g/mol. The minimum atomic E-state index is -0.293. The lowest BCUT2D eigenvalue weighted by Gasteiger charge is -2.26. The van der Waals surface area contributed by atoms with Gasteiger partial charge in [0.25, 0.3) is 0 Å². The maximum atomic E-state index is 12.3. The smallest absolute Gasteiger partial charge is 0.240 e. The van der Waals surface area contributed by atoms with Crippen molar-refractivity contribution in [2.45, 2.75) is 19.3 Å². The first-order chi connectivity index (χ1) is 8.18. The molecule has 1 atom stereocenters. The number of hydrogen-bond acceptors (Lipinski definition) is 4. The quantitative estimate of drug-likeness (QED) is 0.665. The number of rotatable bonds is 0. The van der Waals surface area contributed by atoms with Gasteiger partial charge in [-0.25, -0.2) is 5.06 Å². The summed E-state index contributed by atoms with van der Waals surface area (Å²) in [7, 11) is 0. The number of carbonyl (C=O) groups excluding carboxylic acids is 1. The molecule has 2 heterocycles. The first-order valence-electron chi connectivity index (χ1n) is 5.68. The van der Waals surface area contributed by atoms with Gasteiger partial charge in [0.1, 0.15) is 0 Å². The van der Waals surface area contributed by atoms with Crippen LogP contribution in [0.2, 0.25) is 0 Å². The molecule has 5 heteroatoms. The van der Waals surface area contributed by atoms with Crippen LogP contribution >= 0.6 is 0 Å².